The van der Waals surface area contributed by atoms with Crippen LogP contribution in [0.15, 0.2) is 41.3 Å². The van der Waals surface area contributed by atoms with Crippen LogP contribution in [0.2, 0.25) is 0 Å². The van der Waals surface area contributed by atoms with Gasteiger partial charge in [-0.3, -0.25) is 0 Å². The number of hydrogen-bond donors (Lipinski definition) is 1. The molecule has 0 saturated heterocycles. The summed E-state index contributed by atoms with van der Waals surface area (Å²) in [6.07, 6.45) is 5.22. The Morgan fingerprint density at radius 3 is 2.61 bits per heavy atom. The quantitative estimate of drug-likeness (QED) is 0.914. The van der Waals surface area contributed by atoms with Crippen molar-refractivity contribution in [3.8, 4) is 11.5 Å². The number of rotatable bonds is 5. The van der Waals surface area contributed by atoms with Gasteiger partial charge in [0.2, 0.25) is 0 Å². The molecule has 122 valence electrons. The van der Waals surface area contributed by atoms with E-state index in [4.69, 9.17) is 10.5 Å². The molecule has 0 unspecified atom stereocenters. The largest absolute Gasteiger partial charge is 0.457 e. The number of sulfone groups is 1. The summed E-state index contributed by atoms with van der Waals surface area (Å²) in [5.74, 6) is 1.31. The van der Waals surface area contributed by atoms with Crippen LogP contribution in [0.25, 0.3) is 0 Å². The van der Waals surface area contributed by atoms with E-state index in [0.717, 1.165) is 24.2 Å². The summed E-state index contributed by atoms with van der Waals surface area (Å²) in [7, 11) is -3.27. The van der Waals surface area contributed by atoms with Crippen molar-refractivity contribution in [3.63, 3.8) is 0 Å². The average Bonchev–Trinajstić information content (AvgIpc) is 2.96. The van der Waals surface area contributed by atoms with Crippen molar-refractivity contribution in [1.82, 2.24) is 0 Å². The molecule has 0 heterocycles. The zero-order chi connectivity index (χ0) is 16.4. The van der Waals surface area contributed by atoms with Gasteiger partial charge in [-0.15, -0.1) is 0 Å². The van der Waals surface area contributed by atoms with Gasteiger partial charge in [-0.1, -0.05) is 12.1 Å². The summed E-state index contributed by atoms with van der Waals surface area (Å²) in [4.78, 5) is 0.259. The highest BCUT2D eigenvalue weighted by Gasteiger charge is 2.15. The fourth-order valence-electron chi connectivity index (χ4n) is 2.96. The summed E-state index contributed by atoms with van der Waals surface area (Å²) in [6.45, 7) is 0.485. The van der Waals surface area contributed by atoms with E-state index in [1.165, 1.54) is 23.8 Å². The van der Waals surface area contributed by atoms with Gasteiger partial charge < -0.3 is 10.5 Å². The first-order chi connectivity index (χ1) is 11.0. The summed E-state index contributed by atoms with van der Waals surface area (Å²) in [6, 6.07) is 11.1. The maximum absolute atomic E-state index is 11.8. The van der Waals surface area contributed by atoms with Crippen LogP contribution in [0.4, 0.5) is 0 Å². The lowest BCUT2D eigenvalue weighted by Gasteiger charge is -2.13. The minimum absolute atomic E-state index is 0.259. The Morgan fingerprint density at radius 1 is 1.09 bits per heavy atom. The van der Waals surface area contributed by atoms with E-state index in [1.807, 2.05) is 6.07 Å². The summed E-state index contributed by atoms with van der Waals surface area (Å²) in [5.41, 5.74) is 9.26. The molecule has 0 saturated carbocycles. The third kappa shape index (κ3) is 3.57. The lowest BCUT2D eigenvalue weighted by Crippen LogP contribution is -2.05. The molecule has 5 heteroatoms. The highest BCUT2D eigenvalue weighted by Crippen LogP contribution is 2.32. The number of aryl methyl sites for hydroxylation is 2. The SMILES string of the molecule is CS(=O)(=O)c1ccc(CCN)c(Oc2ccc3c(c2)CCC3)c1. The summed E-state index contributed by atoms with van der Waals surface area (Å²) < 4.78 is 29.6. The van der Waals surface area contributed by atoms with Gasteiger partial charge in [0, 0.05) is 6.26 Å². The monoisotopic (exact) mass is 331 g/mol. The molecule has 23 heavy (non-hydrogen) atoms. The van der Waals surface area contributed by atoms with Crippen LogP contribution in [-0.4, -0.2) is 21.2 Å². The van der Waals surface area contributed by atoms with Crippen molar-refractivity contribution < 1.29 is 13.2 Å². The van der Waals surface area contributed by atoms with Crippen molar-refractivity contribution in [2.75, 3.05) is 12.8 Å². The fraction of sp³-hybridized carbons (Fsp3) is 0.333. The van der Waals surface area contributed by atoms with Gasteiger partial charge in [0.1, 0.15) is 11.5 Å². The zero-order valence-corrected chi connectivity index (χ0v) is 14.0. The van der Waals surface area contributed by atoms with Crippen LogP contribution in [-0.2, 0) is 29.1 Å². The van der Waals surface area contributed by atoms with Gasteiger partial charge in [0.15, 0.2) is 9.84 Å². The second kappa shape index (κ2) is 6.34. The Labute approximate surface area is 137 Å². The first-order valence-electron chi connectivity index (χ1n) is 7.80. The highest BCUT2D eigenvalue weighted by atomic mass is 32.2. The first kappa shape index (κ1) is 16.0. The third-order valence-corrected chi connectivity index (χ3v) is 5.29. The average molecular weight is 331 g/mol. The molecule has 2 aromatic rings. The van der Waals surface area contributed by atoms with Gasteiger partial charge in [-0.05, 0) is 73.2 Å². The molecule has 0 radical (unpaired) electrons. The van der Waals surface area contributed by atoms with E-state index < -0.39 is 9.84 Å². The first-order valence-corrected chi connectivity index (χ1v) is 9.69. The van der Waals surface area contributed by atoms with Gasteiger partial charge in [-0.2, -0.15) is 0 Å². The van der Waals surface area contributed by atoms with Gasteiger partial charge in [-0.25, -0.2) is 8.42 Å². The van der Waals surface area contributed by atoms with Gasteiger partial charge in [0.25, 0.3) is 0 Å². The highest BCUT2D eigenvalue weighted by molar-refractivity contribution is 7.90. The number of benzene rings is 2. The van der Waals surface area contributed by atoms with E-state index in [9.17, 15) is 8.42 Å². The molecule has 2 N–H and O–H groups in total. The van der Waals surface area contributed by atoms with Crippen molar-refractivity contribution in [2.24, 2.45) is 5.73 Å². The molecular weight excluding hydrogens is 310 g/mol. The molecule has 0 atom stereocenters. The Hall–Kier alpha value is -1.85. The molecule has 0 fully saturated rings. The smallest absolute Gasteiger partial charge is 0.175 e. The van der Waals surface area contributed by atoms with E-state index >= 15 is 0 Å². The summed E-state index contributed by atoms with van der Waals surface area (Å²) in [5, 5.41) is 0. The number of hydrogen-bond acceptors (Lipinski definition) is 4. The molecule has 4 nitrogen and oxygen atoms in total. The number of fused-ring (bicyclic) bond motifs is 1. The normalized spacial score (nSPS) is 13.8. The Kier molecular flexibility index (Phi) is 4.41. The minimum atomic E-state index is -3.27. The molecule has 1 aliphatic rings. The van der Waals surface area contributed by atoms with Crippen LogP contribution < -0.4 is 10.5 Å². The van der Waals surface area contributed by atoms with Crippen LogP contribution in [0.3, 0.4) is 0 Å². The van der Waals surface area contributed by atoms with Crippen molar-refractivity contribution in [3.05, 3.63) is 53.1 Å². The van der Waals surface area contributed by atoms with Crippen molar-refractivity contribution >= 4 is 9.84 Å². The lowest BCUT2D eigenvalue weighted by molar-refractivity contribution is 0.473. The third-order valence-electron chi connectivity index (χ3n) is 4.18. The second-order valence-corrected chi connectivity index (χ2v) is 7.98. The second-order valence-electron chi connectivity index (χ2n) is 5.97. The van der Waals surface area contributed by atoms with Crippen molar-refractivity contribution in [1.29, 1.82) is 0 Å². The standard InChI is InChI=1S/C18H21NO3S/c1-23(20,21)17-8-6-14(9-10-19)18(12-17)22-16-7-5-13-3-2-4-15(13)11-16/h5-8,11-12H,2-4,9-10,19H2,1H3. The Balaban J connectivity index is 1.96. The number of nitrogens with two attached hydrogens (primary N) is 1. The molecule has 0 aliphatic heterocycles. The maximum atomic E-state index is 11.8. The maximum Gasteiger partial charge on any atom is 0.175 e. The molecule has 0 amide bonds. The molecule has 0 aromatic heterocycles. The van der Waals surface area contributed by atoms with Crippen LogP contribution in [0.5, 0.6) is 11.5 Å². The van der Waals surface area contributed by atoms with Crippen LogP contribution >= 0.6 is 0 Å². The molecular formula is C18H21NO3S. The molecule has 0 bridgehead atoms. The van der Waals surface area contributed by atoms with Gasteiger partial charge >= 0.3 is 0 Å². The van der Waals surface area contributed by atoms with E-state index in [0.29, 0.717) is 18.7 Å². The molecule has 3 rings (SSSR count). The molecule has 2 aromatic carbocycles. The predicted octanol–water partition coefficient (Wildman–Crippen LogP) is 2.87. The Morgan fingerprint density at radius 2 is 1.87 bits per heavy atom. The molecule has 0 spiro atoms. The van der Waals surface area contributed by atoms with E-state index in [1.54, 1.807) is 18.2 Å². The summed E-state index contributed by atoms with van der Waals surface area (Å²) >= 11 is 0. The fourth-order valence-corrected chi connectivity index (χ4v) is 3.60. The Bertz CT molecular complexity index is 828. The molecule has 1 aliphatic carbocycles. The van der Waals surface area contributed by atoms with E-state index in [-0.39, 0.29) is 4.90 Å². The van der Waals surface area contributed by atoms with Crippen LogP contribution in [0, 0.1) is 0 Å². The van der Waals surface area contributed by atoms with E-state index in [2.05, 4.69) is 12.1 Å². The van der Waals surface area contributed by atoms with Crippen molar-refractivity contribution in [2.45, 2.75) is 30.6 Å². The minimum Gasteiger partial charge on any atom is -0.457 e. The zero-order valence-electron chi connectivity index (χ0n) is 13.2. The van der Waals surface area contributed by atoms with Gasteiger partial charge in [0.05, 0.1) is 4.90 Å². The topological polar surface area (TPSA) is 69.4 Å². The lowest BCUT2D eigenvalue weighted by atomic mass is 10.1. The van der Waals surface area contributed by atoms with Crippen LogP contribution in [0.1, 0.15) is 23.1 Å². The predicted molar refractivity (Wildman–Crippen MR) is 90.9 cm³/mol. The number of ether oxygens (including phenoxy) is 1.